The molecule has 3 aromatic rings. The summed E-state index contributed by atoms with van der Waals surface area (Å²) in [5.74, 6) is 0.000310. The summed E-state index contributed by atoms with van der Waals surface area (Å²) in [6.07, 6.45) is 3.32. The number of nitrogens with one attached hydrogen (secondary N) is 2. The topological polar surface area (TPSA) is 127 Å². The number of nitrogens with two attached hydrogens (primary N) is 1. The smallest absolute Gasteiger partial charge is 0.241 e. The van der Waals surface area contributed by atoms with Crippen molar-refractivity contribution in [1.82, 2.24) is 20.0 Å². The highest BCUT2D eigenvalue weighted by Gasteiger charge is 2.45. The number of sulfonamides is 1. The molecule has 11 heteroatoms. The molecule has 0 aliphatic carbocycles. The molecule has 1 aromatic carbocycles. The number of amides is 1. The van der Waals surface area contributed by atoms with Crippen LogP contribution in [0.3, 0.4) is 0 Å². The number of halogens is 1. The minimum atomic E-state index is -3.89. The summed E-state index contributed by atoms with van der Waals surface area (Å²) in [5, 5.41) is 4.48. The van der Waals surface area contributed by atoms with Crippen molar-refractivity contribution < 1.29 is 13.2 Å². The molecule has 1 amide bonds. The van der Waals surface area contributed by atoms with Crippen molar-refractivity contribution in [2.45, 2.75) is 18.4 Å². The van der Waals surface area contributed by atoms with Crippen LogP contribution in [0.25, 0.3) is 17.0 Å². The molecule has 1 atom stereocenters. The van der Waals surface area contributed by atoms with Gasteiger partial charge in [0.05, 0.1) is 9.85 Å². The van der Waals surface area contributed by atoms with Crippen molar-refractivity contribution >= 4 is 61.7 Å². The van der Waals surface area contributed by atoms with E-state index in [4.69, 9.17) is 17.3 Å². The van der Waals surface area contributed by atoms with Crippen LogP contribution in [0, 0.1) is 0 Å². The van der Waals surface area contributed by atoms with Crippen molar-refractivity contribution in [2.75, 3.05) is 12.3 Å². The Hall–Kier alpha value is -2.53. The third kappa shape index (κ3) is 4.31. The SMILES string of the molecule is Nc1ncnc2cc(C[C@]3(NS(=O)(=O)C=Cc4ccc(Cl)s4)CCNC3=O)ccc12. The molecule has 30 heavy (non-hydrogen) atoms. The van der Waals surface area contributed by atoms with E-state index in [1.54, 1.807) is 30.3 Å². The zero-order valence-electron chi connectivity index (χ0n) is 15.6. The predicted molar refractivity (Wildman–Crippen MR) is 118 cm³/mol. The van der Waals surface area contributed by atoms with Crippen LogP contribution in [0.2, 0.25) is 4.34 Å². The van der Waals surface area contributed by atoms with E-state index in [1.807, 2.05) is 0 Å². The number of carbonyl (C=O) groups is 1. The molecule has 2 aromatic heterocycles. The molecule has 0 radical (unpaired) electrons. The van der Waals surface area contributed by atoms with Crippen LogP contribution in [-0.4, -0.2) is 36.4 Å². The Kier molecular flexibility index (Phi) is 5.49. The maximum Gasteiger partial charge on any atom is 0.241 e. The summed E-state index contributed by atoms with van der Waals surface area (Å²) in [4.78, 5) is 21.5. The standard InChI is InChI=1S/C19H18ClN5O3S2/c20-16-4-2-13(29-16)5-8-30(27,28)25-19(6-7-22-18(19)26)10-12-1-3-14-15(9-12)23-11-24-17(14)21/h1-5,8-9,11,25H,6-7,10H2,(H,22,26)(H2,21,23,24)/t19-/m1/s1. The van der Waals surface area contributed by atoms with Gasteiger partial charge in [0, 0.05) is 28.6 Å². The molecule has 4 rings (SSSR count). The first kappa shape index (κ1) is 20.7. The minimum absolute atomic E-state index is 0.177. The zero-order chi connectivity index (χ0) is 21.4. The number of hydrogen-bond acceptors (Lipinski definition) is 7. The molecular formula is C19H18ClN5O3S2. The van der Waals surface area contributed by atoms with Gasteiger partial charge in [0.25, 0.3) is 0 Å². The lowest BCUT2D eigenvalue weighted by atomic mass is 9.90. The lowest BCUT2D eigenvalue weighted by Gasteiger charge is -2.26. The Morgan fingerprint density at radius 3 is 2.83 bits per heavy atom. The summed E-state index contributed by atoms with van der Waals surface area (Å²) in [7, 11) is -3.89. The lowest BCUT2D eigenvalue weighted by molar-refractivity contribution is -0.124. The highest BCUT2D eigenvalue weighted by atomic mass is 35.5. The third-order valence-corrected chi connectivity index (χ3v) is 7.22. The molecule has 4 N–H and O–H groups in total. The summed E-state index contributed by atoms with van der Waals surface area (Å²) in [5.41, 5.74) is 5.96. The van der Waals surface area contributed by atoms with E-state index in [0.29, 0.717) is 38.9 Å². The van der Waals surface area contributed by atoms with Gasteiger partial charge in [-0.1, -0.05) is 17.7 Å². The molecule has 1 aliphatic heterocycles. The van der Waals surface area contributed by atoms with Crippen LogP contribution in [0.1, 0.15) is 16.9 Å². The van der Waals surface area contributed by atoms with Gasteiger partial charge in [0.15, 0.2) is 0 Å². The van der Waals surface area contributed by atoms with E-state index in [2.05, 4.69) is 20.0 Å². The predicted octanol–water partition coefficient (Wildman–Crippen LogP) is 2.32. The molecule has 0 unspecified atom stereocenters. The monoisotopic (exact) mass is 463 g/mol. The van der Waals surface area contributed by atoms with Gasteiger partial charge >= 0.3 is 0 Å². The van der Waals surface area contributed by atoms with E-state index in [1.165, 1.54) is 23.7 Å². The lowest BCUT2D eigenvalue weighted by Crippen LogP contribution is -2.54. The van der Waals surface area contributed by atoms with Crippen molar-refractivity contribution in [2.24, 2.45) is 0 Å². The van der Waals surface area contributed by atoms with Crippen LogP contribution in [0.5, 0.6) is 0 Å². The van der Waals surface area contributed by atoms with E-state index in [0.717, 1.165) is 11.0 Å². The average molecular weight is 464 g/mol. The summed E-state index contributed by atoms with van der Waals surface area (Å²) in [6, 6.07) is 8.77. The molecule has 1 fully saturated rings. The van der Waals surface area contributed by atoms with E-state index in [9.17, 15) is 13.2 Å². The first-order chi connectivity index (χ1) is 14.3. The van der Waals surface area contributed by atoms with Crippen LogP contribution in [0.15, 0.2) is 42.1 Å². The fraction of sp³-hybridized carbons (Fsp3) is 0.211. The van der Waals surface area contributed by atoms with Crippen LogP contribution in [-0.2, 0) is 21.2 Å². The van der Waals surface area contributed by atoms with Gasteiger partial charge in [-0.05, 0) is 42.3 Å². The first-order valence-electron chi connectivity index (χ1n) is 9.01. The van der Waals surface area contributed by atoms with E-state index in [-0.39, 0.29) is 12.3 Å². The number of fused-ring (bicyclic) bond motifs is 1. The minimum Gasteiger partial charge on any atom is -0.383 e. The first-order valence-corrected chi connectivity index (χ1v) is 11.8. The number of anilines is 1. The number of benzene rings is 1. The Morgan fingerprint density at radius 2 is 2.13 bits per heavy atom. The number of nitrogens with zero attached hydrogens (tertiary/aromatic N) is 2. The maximum atomic E-state index is 12.7. The van der Waals surface area contributed by atoms with Crippen molar-refractivity contribution in [3.63, 3.8) is 0 Å². The third-order valence-electron chi connectivity index (χ3n) is 4.85. The Labute approximate surface area is 182 Å². The van der Waals surface area contributed by atoms with Gasteiger partial charge in [-0.3, -0.25) is 4.79 Å². The number of carbonyl (C=O) groups excluding carboxylic acids is 1. The maximum absolute atomic E-state index is 12.7. The summed E-state index contributed by atoms with van der Waals surface area (Å²) < 4.78 is 28.6. The second-order valence-electron chi connectivity index (χ2n) is 6.97. The largest absolute Gasteiger partial charge is 0.383 e. The van der Waals surface area contributed by atoms with Crippen molar-refractivity contribution in [1.29, 1.82) is 0 Å². The van der Waals surface area contributed by atoms with Gasteiger partial charge in [-0.15, -0.1) is 11.3 Å². The normalized spacial score (nSPS) is 19.6. The highest BCUT2D eigenvalue weighted by molar-refractivity contribution is 7.92. The quantitative estimate of drug-likeness (QED) is 0.514. The molecule has 0 bridgehead atoms. The summed E-state index contributed by atoms with van der Waals surface area (Å²) in [6.45, 7) is 0.383. The zero-order valence-corrected chi connectivity index (χ0v) is 18.0. The number of hydrogen-bond donors (Lipinski definition) is 3. The van der Waals surface area contributed by atoms with E-state index < -0.39 is 15.6 Å². The molecule has 0 spiro atoms. The van der Waals surface area contributed by atoms with Gasteiger partial charge in [0.1, 0.15) is 17.7 Å². The van der Waals surface area contributed by atoms with Crippen molar-refractivity contribution in [3.8, 4) is 0 Å². The number of rotatable bonds is 6. The average Bonchev–Trinajstić information content (AvgIpc) is 3.26. The molecule has 0 saturated carbocycles. The second kappa shape index (κ2) is 7.95. The molecule has 156 valence electrons. The van der Waals surface area contributed by atoms with Crippen LogP contribution >= 0.6 is 22.9 Å². The Balaban J connectivity index is 1.62. The fourth-order valence-electron chi connectivity index (χ4n) is 3.44. The van der Waals surface area contributed by atoms with Crippen molar-refractivity contribution in [3.05, 3.63) is 56.8 Å². The highest BCUT2D eigenvalue weighted by Crippen LogP contribution is 2.27. The molecule has 1 saturated heterocycles. The summed E-state index contributed by atoms with van der Waals surface area (Å²) >= 11 is 7.14. The molecule has 1 aliphatic rings. The second-order valence-corrected chi connectivity index (χ2v) is 10.3. The van der Waals surface area contributed by atoms with Gasteiger partial charge in [0.2, 0.25) is 15.9 Å². The Bertz CT molecular complexity index is 1260. The van der Waals surface area contributed by atoms with E-state index >= 15 is 0 Å². The van der Waals surface area contributed by atoms with Crippen LogP contribution in [0.4, 0.5) is 5.82 Å². The van der Waals surface area contributed by atoms with Crippen LogP contribution < -0.4 is 15.8 Å². The molecule has 3 heterocycles. The van der Waals surface area contributed by atoms with Gasteiger partial charge < -0.3 is 11.1 Å². The molecular weight excluding hydrogens is 446 g/mol. The fourth-order valence-corrected chi connectivity index (χ4v) is 5.69. The van der Waals surface area contributed by atoms with Gasteiger partial charge in [-0.2, -0.15) is 4.72 Å². The number of nitrogen functional groups attached to an aromatic ring is 1. The van der Waals surface area contributed by atoms with Gasteiger partial charge in [-0.25, -0.2) is 18.4 Å². The number of thiophene rings is 1. The Morgan fingerprint density at radius 1 is 1.30 bits per heavy atom. The molecule has 8 nitrogen and oxygen atoms in total. The number of aromatic nitrogens is 2.